The van der Waals surface area contributed by atoms with Crippen LogP contribution in [0, 0.1) is 0 Å². The van der Waals surface area contributed by atoms with Crippen molar-refractivity contribution in [2.24, 2.45) is 0 Å². The van der Waals surface area contributed by atoms with Crippen LogP contribution in [-0.4, -0.2) is 42.1 Å². The molecule has 0 unspecified atom stereocenters. The van der Waals surface area contributed by atoms with Gasteiger partial charge in [-0.2, -0.15) is 18.3 Å². The van der Waals surface area contributed by atoms with Crippen LogP contribution in [0.4, 0.5) is 13.2 Å². The summed E-state index contributed by atoms with van der Waals surface area (Å²) in [6, 6.07) is 7.10. The number of carbonyl (C=O) groups excluding carboxylic acids is 1. The molecule has 1 amide bonds. The lowest BCUT2D eigenvalue weighted by Gasteiger charge is -2.38. The standard InChI is InChI=1S/C22H28F3N3O3/c1-4-31-17-7-5-16(6-8-17)21(9-11-30-12-10-21)14-26-20(29)18-13-27-28(15(2)3)19(18)22(23,24)25/h5-8,13,15H,4,9-12,14H2,1-3H3,(H,26,29). The van der Waals surface area contributed by atoms with Gasteiger partial charge in [0.05, 0.1) is 18.4 Å². The predicted octanol–water partition coefficient (Wildman–Crippen LogP) is 4.36. The van der Waals surface area contributed by atoms with Crippen LogP contribution < -0.4 is 10.1 Å². The SMILES string of the molecule is CCOc1ccc(C2(CNC(=O)c3cnn(C(C)C)c3C(F)(F)F)CCOCC2)cc1. The fourth-order valence-electron chi connectivity index (χ4n) is 3.95. The van der Waals surface area contributed by atoms with Gasteiger partial charge in [-0.3, -0.25) is 9.48 Å². The van der Waals surface area contributed by atoms with E-state index in [0.29, 0.717) is 32.7 Å². The van der Waals surface area contributed by atoms with Crippen LogP contribution in [0.5, 0.6) is 5.75 Å². The van der Waals surface area contributed by atoms with E-state index >= 15 is 0 Å². The van der Waals surface area contributed by atoms with E-state index < -0.39 is 34.8 Å². The molecule has 9 heteroatoms. The summed E-state index contributed by atoms with van der Waals surface area (Å²) in [6.07, 6.45) is -2.39. The number of halogens is 3. The molecule has 1 aliphatic rings. The second-order valence-electron chi connectivity index (χ2n) is 7.98. The van der Waals surface area contributed by atoms with Crippen LogP contribution in [0.25, 0.3) is 0 Å². The number of carbonyl (C=O) groups is 1. The molecular formula is C22H28F3N3O3. The fourth-order valence-corrected chi connectivity index (χ4v) is 3.95. The van der Waals surface area contributed by atoms with Gasteiger partial charge in [0.1, 0.15) is 5.75 Å². The van der Waals surface area contributed by atoms with Gasteiger partial charge in [-0.15, -0.1) is 0 Å². The summed E-state index contributed by atoms with van der Waals surface area (Å²) < 4.78 is 52.7. The van der Waals surface area contributed by atoms with E-state index in [2.05, 4.69) is 10.4 Å². The highest BCUT2D eigenvalue weighted by molar-refractivity contribution is 5.95. The molecule has 0 saturated carbocycles. The molecular weight excluding hydrogens is 411 g/mol. The maximum absolute atomic E-state index is 13.6. The normalized spacial score (nSPS) is 16.4. The number of ether oxygens (including phenoxy) is 2. The topological polar surface area (TPSA) is 65.4 Å². The summed E-state index contributed by atoms with van der Waals surface area (Å²) in [5.74, 6) is -0.0376. The Labute approximate surface area is 179 Å². The molecule has 1 saturated heterocycles. The summed E-state index contributed by atoms with van der Waals surface area (Å²) in [6.45, 7) is 6.87. The highest BCUT2D eigenvalue weighted by atomic mass is 19.4. The van der Waals surface area contributed by atoms with Gasteiger partial charge in [-0.1, -0.05) is 12.1 Å². The Bertz CT molecular complexity index is 886. The number of benzene rings is 1. The second kappa shape index (κ2) is 9.30. The Morgan fingerprint density at radius 3 is 2.45 bits per heavy atom. The van der Waals surface area contributed by atoms with E-state index in [0.717, 1.165) is 22.2 Å². The minimum absolute atomic E-state index is 0.202. The molecule has 170 valence electrons. The Balaban J connectivity index is 1.84. The molecule has 0 aliphatic carbocycles. The molecule has 1 N–H and O–H groups in total. The highest BCUT2D eigenvalue weighted by Crippen LogP contribution is 2.36. The first kappa shape index (κ1) is 23.1. The van der Waals surface area contributed by atoms with Crippen LogP contribution in [0.1, 0.15) is 61.3 Å². The minimum atomic E-state index is -4.68. The minimum Gasteiger partial charge on any atom is -0.494 e. The first-order chi connectivity index (χ1) is 14.7. The van der Waals surface area contributed by atoms with Gasteiger partial charge in [-0.25, -0.2) is 0 Å². The zero-order valence-corrected chi connectivity index (χ0v) is 18.0. The molecule has 2 aromatic rings. The van der Waals surface area contributed by atoms with Crippen molar-refractivity contribution in [2.75, 3.05) is 26.4 Å². The monoisotopic (exact) mass is 439 g/mol. The average Bonchev–Trinajstić information content (AvgIpc) is 3.20. The molecule has 1 fully saturated rings. The van der Waals surface area contributed by atoms with Gasteiger partial charge in [0.25, 0.3) is 5.91 Å². The number of rotatable bonds is 7. The van der Waals surface area contributed by atoms with Crippen LogP contribution >= 0.6 is 0 Å². The summed E-state index contributed by atoms with van der Waals surface area (Å²) in [5.41, 5.74) is -0.920. The third kappa shape index (κ3) is 5.03. The van der Waals surface area contributed by atoms with Crippen LogP contribution in [0.15, 0.2) is 30.5 Å². The van der Waals surface area contributed by atoms with Crippen molar-refractivity contribution in [3.8, 4) is 5.75 Å². The van der Waals surface area contributed by atoms with Gasteiger partial charge >= 0.3 is 6.18 Å². The number of amides is 1. The maximum atomic E-state index is 13.6. The molecule has 0 atom stereocenters. The highest BCUT2D eigenvalue weighted by Gasteiger charge is 2.41. The smallest absolute Gasteiger partial charge is 0.433 e. The quantitative estimate of drug-likeness (QED) is 0.696. The number of aromatic nitrogens is 2. The van der Waals surface area contributed by atoms with Crippen LogP contribution in [-0.2, 0) is 16.3 Å². The van der Waals surface area contributed by atoms with E-state index in [1.54, 1.807) is 13.8 Å². The number of hydrogen-bond donors (Lipinski definition) is 1. The first-order valence-corrected chi connectivity index (χ1v) is 10.4. The summed E-state index contributed by atoms with van der Waals surface area (Å²) in [4.78, 5) is 12.8. The molecule has 0 bridgehead atoms. The van der Waals surface area contributed by atoms with Crippen molar-refractivity contribution in [1.29, 1.82) is 0 Å². The zero-order chi connectivity index (χ0) is 22.6. The molecule has 6 nitrogen and oxygen atoms in total. The van der Waals surface area contributed by atoms with E-state index in [9.17, 15) is 18.0 Å². The molecule has 2 heterocycles. The Morgan fingerprint density at radius 2 is 1.90 bits per heavy atom. The van der Waals surface area contributed by atoms with Gasteiger partial charge in [0, 0.05) is 31.2 Å². The Hall–Kier alpha value is -2.55. The van der Waals surface area contributed by atoms with Crippen molar-refractivity contribution in [3.63, 3.8) is 0 Å². The number of nitrogens with one attached hydrogen (secondary N) is 1. The van der Waals surface area contributed by atoms with Crippen molar-refractivity contribution in [3.05, 3.63) is 47.3 Å². The Morgan fingerprint density at radius 1 is 1.26 bits per heavy atom. The number of nitrogens with zero attached hydrogens (tertiary/aromatic N) is 2. The largest absolute Gasteiger partial charge is 0.494 e. The van der Waals surface area contributed by atoms with Crippen molar-refractivity contribution >= 4 is 5.91 Å². The van der Waals surface area contributed by atoms with E-state index in [1.807, 2.05) is 31.2 Å². The van der Waals surface area contributed by atoms with Crippen LogP contribution in [0.3, 0.4) is 0 Å². The van der Waals surface area contributed by atoms with Gasteiger partial charge < -0.3 is 14.8 Å². The van der Waals surface area contributed by atoms with Crippen molar-refractivity contribution < 1.29 is 27.4 Å². The molecule has 1 aromatic carbocycles. The van der Waals surface area contributed by atoms with E-state index in [1.165, 1.54) is 0 Å². The van der Waals surface area contributed by atoms with Gasteiger partial charge in [-0.05, 0) is 51.3 Å². The molecule has 0 radical (unpaired) electrons. The van der Waals surface area contributed by atoms with E-state index in [-0.39, 0.29) is 6.54 Å². The number of hydrogen-bond acceptors (Lipinski definition) is 4. The maximum Gasteiger partial charge on any atom is 0.433 e. The predicted molar refractivity (Wildman–Crippen MR) is 109 cm³/mol. The van der Waals surface area contributed by atoms with Crippen LogP contribution in [0.2, 0.25) is 0 Å². The first-order valence-electron chi connectivity index (χ1n) is 10.4. The summed E-state index contributed by atoms with van der Waals surface area (Å²) >= 11 is 0. The summed E-state index contributed by atoms with van der Waals surface area (Å²) in [5, 5.41) is 6.54. The molecule has 0 spiro atoms. The van der Waals surface area contributed by atoms with Crippen molar-refractivity contribution in [2.45, 2.75) is 51.2 Å². The average molecular weight is 439 g/mol. The third-order valence-corrected chi connectivity index (χ3v) is 5.61. The summed E-state index contributed by atoms with van der Waals surface area (Å²) in [7, 11) is 0. The number of alkyl halides is 3. The molecule has 1 aromatic heterocycles. The Kier molecular flexibility index (Phi) is 6.93. The lowest BCUT2D eigenvalue weighted by molar-refractivity contribution is -0.145. The third-order valence-electron chi connectivity index (χ3n) is 5.61. The van der Waals surface area contributed by atoms with Gasteiger partial charge in [0.15, 0.2) is 5.69 Å². The fraction of sp³-hybridized carbons (Fsp3) is 0.545. The molecule has 1 aliphatic heterocycles. The van der Waals surface area contributed by atoms with E-state index in [4.69, 9.17) is 9.47 Å². The lowest BCUT2D eigenvalue weighted by Crippen LogP contribution is -2.44. The van der Waals surface area contributed by atoms with Gasteiger partial charge in [0.2, 0.25) is 0 Å². The molecule has 3 rings (SSSR count). The lowest BCUT2D eigenvalue weighted by atomic mass is 9.74. The molecule has 31 heavy (non-hydrogen) atoms. The zero-order valence-electron chi connectivity index (χ0n) is 18.0. The van der Waals surface area contributed by atoms with Crippen molar-refractivity contribution in [1.82, 2.24) is 15.1 Å². The second-order valence-corrected chi connectivity index (χ2v) is 7.98.